The second kappa shape index (κ2) is 6.46. The van der Waals surface area contributed by atoms with Crippen molar-refractivity contribution in [2.24, 2.45) is 0 Å². The molecule has 0 spiro atoms. The number of rotatable bonds is 4. The summed E-state index contributed by atoms with van der Waals surface area (Å²) in [6, 6.07) is 23.0. The maximum Gasteiger partial charge on any atom is 0.121 e. The van der Waals surface area contributed by atoms with Crippen molar-refractivity contribution in [1.82, 2.24) is 0 Å². The Morgan fingerprint density at radius 1 is 0.560 bits per heavy atom. The summed E-state index contributed by atoms with van der Waals surface area (Å²) < 4.78 is 5.86. The first-order valence-corrected chi connectivity index (χ1v) is 8.21. The van der Waals surface area contributed by atoms with Gasteiger partial charge in [0, 0.05) is 11.1 Å². The molecule has 124 valence electrons. The van der Waals surface area contributed by atoms with Gasteiger partial charge in [0.1, 0.15) is 11.5 Å². The number of ether oxygens (including phenoxy) is 1. The smallest absolute Gasteiger partial charge is 0.121 e. The topological polar surface area (TPSA) is 49.7 Å². The van der Waals surface area contributed by atoms with Crippen LogP contribution in [-0.4, -0.2) is 10.2 Å². The second-order valence-corrected chi connectivity index (χ2v) is 6.06. The van der Waals surface area contributed by atoms with Gasteiger partial charge >= 0.3 is 0 Å². The Balaban J connectivity index is 1.62. The van der Waals surface area contributed by atoms with Crippen LogP contribution in [0.1, 0.15) is 11.1 Å². The van der Waals surface area contributed by atoms with Gasteiger partial charge in [-0.15, -0.1) is 0 Å². The summed E-state index contributed by atoms with van der Waals surface area (Å²) in [7, 11) is 0. The molecule has 0 amide bonds. The monoisotopic (exact) mass is 330 g/mol. The molecule has 0 saturated carbocycles. The zero-order chi connectivity index (χ0) is 17.2. The van der Waals surface area contributed by atoms with Crippen molar-refractivity contribution in [2.45, 2.75) is 13.2 Å². The Morgan fingerprint density at radius 2 is 1.00 bits per heavy atom. The molecular weight excluding hydrogens is 312 g/mol. The Kier molecular flexibility index (Phi) is 4.00. The van der Waals surface area contributed by atoms with Gasteiger partial charge in [-0.2, -0.15) is 0 Å². The van der Waals surface area contributed by atoms with Crippen LogP contribution in [0.5, 0.6) is 11.5 Å². The number of aromatic hydroxyl groups is 2. The van der Waals surface area contributed by atoms with E-state index in [0.29, 0.717) is 0 Å². The van der Waals surface area contributed by atoms with Crippen molar-refractivity contribution in [2.75, 3.05) is 0 Å². The van der Waals surface area contributed by atoms with E-state index < -0.39 is 0 Å². The standard InChI is InChI=1S/C22H18O3/c23-21-11-9-15-5-1-3-7-17(15)19(21)13-25-14-20-18-8-4-2-6-16(18)10-12-22(20)24/h1-12,23-24H,13-14H2. The van der Waals surface area contributed by atoms with Crippen LogP contribution in [0.3, 0.4) is 0 Å². The zero-order valence-corrected chi connectivity index (χ0v) is 13.6. The molecule has 4 aromatic carbocycles. The first kappa shape index (κ1) is 15.5. The molecule has 0 radical (unpaired) electrons. The minimum absolute atomic E-state index is 0.223. The van der Waals surface area contributed by atoms with Crippen molar-refractivity contribution in [3.63, 3.8) is 0 Å². The summed E-state index contributed by atoms with van der Waals surface area (Å²) in [5.74, 6) is 0.446. The molecule has 0 atom stereocenters. The summed E-state index contributed by atoms with van der Waals surface area (Å²) in [5.41, 5.74) is 1.52. The number of phenols is 2. The van der Waals surface area contributed by atoms with Gasteiger partial charge in [-0.25, -0.2) is 0 Å². The number of phenolic OH excluding ortho intramolecular Hbond substituents is 2. The lowest BCUT2D eigenvalue weighted by atomic mass is 10.0. The van der Waals surface area contributed by atoms with Crippen LogP contribution in [0.25, 0.3) is 21.5 Å². The van der Waals surface area contributed by atoms with Gasteiger partial charge in [-0.1, -0.05) is 60.7 Å². The lowest BCUT2D eigenvalue weighted by Crippen LogP contribution is -1.97. The lowest BCUT2D eigenvalue weighted by Gasteiger charge is -2.12. The fourth-order valence-electron chi connectivity index (χ4n) is 3.21. The van der Waals surface area contributed by atoms with Crippen molar-refractivity contribution in [1.29, 1.82) is 0 Å². The third-order valence-corrected chi connectivity index (χ3v) is 4.52. The molecule has 0 saturated heterocycles. The van der Waals surface area contributed by atoms with Crippen LogP contribution in [0.2, 0.25) is 0 Å². The highest BCUT2D eigenvalue weighted by atomic mass is 16.5. The summed E-state index contributed by atoms with van der Waals surface area (Å²) in [4.78, 5) is 0. The van der Waals surface area contributed by atoms with Crippen molar-refractivity contribution in [3.05, 3.63) is 83.9 Å². The molecule has 0 aliphatic rings. The third-order valence-electron chi connectivity index (χ3n) is 4.52. The van der Waals surface area contributed by atoms with Gasteiger partial charge in [-0.05, 0) is 33.7 Å². The van der Waals surface area contributed by atoms with E-state index in [-0.39, 0.29) is 24.7 Å². The van der Waals surface area contributed by atoms with E-state index in [2.05, 4.69) is 0 Å². The van der Waals surface area contributed by atoms with Crippen LogP contribution in [0.15, 0.2) is 72.8 Å². The zero-order valence-electron chi connectivity index (χ0n) is 13.6. The maximum absolute atomic E-state index is 10.2. The van der Waals surface area contributed by atoms with Crippen molar-refractivity contribution < 1.29 is 14.9 Å². The molecular formula is C22H18O3. The highest BCUT2D eigenvalue weighted by molar-refractivity contribution is 5.88. The number of hydrogen-bond donors (Lipinski definition) is 2. The van der Waals surface area contributed by atoms with E-state index >= 15 is 0 Å². The van der Waals surface area contributed by atoms with E-state index in [4.69, 9.17) is 4.74 Å². The molecule has 3 heteroatoms. The van der Waals surface area contributed by atoms with E-state index in [1.807, 2.05) is 60.7 Å². The molecule has 25 heavy (non-hydrogen) atoms. The molecule has 0 heterocycles. The molecule has 4 rings (SSSR count). The van der Waals surface area contributed by atoms with Gasteiger partial charge in [0.05, 0.1) is 13.2 Å². The predicted octanol–water partition coefficient (Wildman–Crippen LogP) is 5.12. The maximum atomic E-state index is 10.2. The van der Waals surface area contributed by atoms with Gasteiger partial charge in [0.2, 0.25) is 0 Å². The highest BCUT2D eigenvalue weighted by Gasteiger charge is 2.10. The second-order valence-electron chi connectivity index (χ2n) is 6.06. The predicted molar refractivity (Wildman–Crippen MR) is 99.7 cm³/mol. The Morgan fingerprint density at radius 3 is 1.48 bits per heavy atom. The molecule has 4 aromatic rings. The number of fused-ring (bicyclic) bond motifs is 2. The average molecular weight is 330 g/mol. The van der Waals surface area contributed by atoms with E-state index in [1.54, 1.807) is 12.1 Å². The molecule has 3 nitrogen and oxygen atoms in total. The van der Waals surface area contributed by atoms with Crippen LogP contribution in [-0.2, 0) is 18.0 Å². The molecule has 0 aliphatic carbocycles. The normalized spacial score (nSPS) is 11.2. The summed E-state index contributed by atoms with van der Waals surface area (Å²) in [6.45, 7) is 0.547. The van der Waals surface area contributed by atoms with Crippen molar-refractivity contribution >= 4 is 21.5 Å². The van der Waals surface area contributed by atoms with E-state index in [1.165, 1.54) is 0 Å². The van der Waals surface area contributed by atoms with Gasteiger partial charge in [0.15, 0.2) is 0 Å². The Labute approximate surface area is 145 Å². The minimum Gasteiger partial charge on any atom is -0.508 e. The molecule has 0 fully saturated rings. The fraction of sp³-hybridized carbons (Fsp3) is 0.0909. The van der Waals surface area contributed by atoms with Crippen LogP contribution < -0.4 is 0 Å². The Bertz CT molecular complexity index is 968. The average Bonchev–Trinajstić information content (AvgIpc) is 2.65. The van der Waals surface area contributed by atoms with E-state index in [9.17, 15) is 10.2 Å². The summed E-state index contributed by atoms with van der Waals surface area (Å²) >= 11 is 0. The van der Waals surface area contributed by atoms with Gasteiger partial charge < -0.3 is 14.9 Å². The molecule has 2 N–H and O–H groups in total. The Hall–Kier alpha value is -3.04. The van der Waals surface area contributed by atoms with Crippen LogP contribution in [0.4, 0.5) is 0 Å². The van der Waals surface area contributed by atoms with Crippen LogP contribution in [0, 0.1) is 0 Å². The van der Waals surface area contributed by atoms with Gasteiger partial charge in [0.25, 0.3) is 0 Å². The first-order valence-electron chi connectivity index (χ1n) is 8.21. The molecule has 0 aliphatic heterocycles. The van der Waals surface area contributed by atoms with E-state index in [0.717, 1.165) is 32.7 Å². The summed E-state index contributed by atoms with van der Waals surface area (Å²) in [6.07, 6.45) is 0. The molecule has 0 aromatic heterocycles. The first-order chi connectivity index (χ1) is 12.2. The number of hydrogen-bond acceptors (Lipinski definition) is 3. The fourth-order valence-corrected chi connectivity index (χ4v) is 3.21. The van der Waals surface area contributed by atoms with Crippen molar-refractivity contribution in [3.8, 4) is 11.5 Å². The number of benzene rings is 4. The third kappa shape index (κ3) is 2.90. The molecule has 0 bridgehead atoms. The quantitative estimate of drug-likeness (QED) is 0.546. The van der Waals surface area contributed by atoms with Gasteiger partial charge in [-0.3, -0.25) is 0 Å². The minimum atomic E-state index is 0.223. The lowest BCUT2D eigenvalue weighted by molar-refractivity contribution is 0.105. The highest BCUT2D eigenvalue weighted by Crippen LogP contribution is 2.30. The SMILES string of the molecule is Oc1ccc2ccccc2c1COCc1c(O)ccc2ccccc12. The largest absolute Gasteiger partial charge is 0.508 e. The summed E-state index contributed by atoms with van der Waals surface area (Å²) in [5, 5.41) is 24.5. The van der Waals surface area contributed by atoms with Crippen LogP contribution >= 0.6 is 0 Å². The molecule has 0 unspecified atom stereocenters.